The Morgan fingerprint density at radius 2 is 1.14 bits per heavy atom. The molecular weight excluding hydrogens is 743 g/mol. The first kappa shape index (κ1) is 39.6. The second-order valence-corrected chi connectivity index (χ2v) is 25.5. The van der Waals surface area contributed by atoms with Crippen molar-refractivity contribution in [2.75, 3.05) is 13.1 Å². The minimum absolute atomic E-state index is 0.0252. The summed E-state index contributed by atoms with van der Waals surface area (Å²) in [6, 6.07) is 21.0. The molecule has 296 valence electrons. The van der Waals surface area contributed by atoms with Crippen LogP contribution < -0.4 is 0 Å². The molecule has 0 bridgehead atoms. The number of ketones is 1. The summed E-state index contributed by atoms with van der Waals surface area (Å²) >= 11 is 0. The fourth-order valence-electron chi connectivity index (χ4n) is 8.69. The lowest BCUT2D eigenvalue weighted by Crippen LogP contribution is -2.58. The summed E-state index contributed by atoms with van der Waals surface area (Å²) in [5.74, 6) is 0.368. The molecule has 4 aliphatic heterocycles. The van der Waals surface area contributed by atoms with E-state index in [-0.39, 0.29) is 36.2 Å². The third kappa shape index (κ3) is 8.70. The lowest BCUT2D eigenvalue weighted by molar-refractivity contribution is -0.163. The number of piperidine rings is 2. The number of imidazole rings is 2. The van der Waals surface area contributed by atoms with Crippen molar-refractivity contribution in [1.29, 1.82) is 5.41 Å². The number of carbonyl (C=O) groups is 3. The number of hydrogen-bond acceptors (Lipinski definition) is 10. The molecule has 4 aromatic rings. The largest absolute Gasteiger partial charge is 0.353 e. The molecule has 0 radical (unpaired) electrons. The van der Waals surface area contributed by atoms with E-state index in [9.17, 15) is 14.4 Å². The highest BCUT2D eigenvalue weighted by atomic mass is 28.3. The SMILES string of the molecule is C[Si]1(C)CC(=N)[C@@H]2CC[C@@H](N(OCc3ccccc3)C(=O)n3ccnc3)CN21.C[Si]1(C)CC(=O)[C@@H]2CC[C@@H](N(OCc3ccccc3)C(=O)n3ccnc3)CN21. The van der Waals surface area contributed by atoms with Crippen LogP contribution in [0.4, 0.5) is 9.59 Å². The molecule has 1 N–H and O–H groups in total. The maximum atomic E-state index is 13.1. The molecule has 4 aliphatic rings. The Labute approximate surface area is 330 Å². The van der Waals surface area contributed by atoms with Crippen LogP contribution in [0.2, 0.25) is 38.3 Å². The molecule has 0 aliphatic carbocycles. The van der Waals surface area contributed by atoms with Gasteiger partial charge in [0.15, 0.2) is 0 Å². The molecule has 0 unspecified atom stereocenters. The van der Waals surface area contributed by atoms with Crippen LogP contribution in [0, 0.1) is 5.41 Å². The average molecular weight is 796 g/mol. The third-order valence-electron chi connectivity index (χ3n) is 11.6. The fraction of sp³-hybridized carbons (Fsp3) is 0.450. The van der Waals surface area contributed by atoms with Crippen molar-refractivity contribution in [3.05, 3.63) is 109 Å². The Hall–Kier alpha value is -4.59. The molecule has 14 nitrogen and oxygen atoms in total. The van der Waals surface area contributed by atoms with Crippen molar-refractivity contribution >= 4 is 40.0 Å². The maximum Gasteiger partial charge on any atom is 0.353 e. The lowest BCUT2D eigenvalue weighted by Gasteiger charge is -2.44. The Morgan fingerprint density at radius 3 is 1.61 bits per heavy atom. The molecule has 6 heterocycles. The molecule has 4 atom stereocenters. The smallest absolute Gasteiger partial charge is 0.314 e. The van der Waals surface area contributed by atoms with E-state index in [4.69, 9.17) is 15.1 Å². The van der Waals surface area contributed by atoms with Crippen molar-refractivity contribution in [2.24, 2.45) is 0 Å². The zero-order chi connectivity index (χ0) is 39.5. The monoisotopic (exact) mass is 795 g/mol. The predicted octanol–water partition coefficient (Wildman–Crippen LogP) is 6.26. The summed E-state index contributed by atoms with van der Waals surface area (Å²) in [6.07, 6.45) is 12.7. The van der Waals surface area contributed by atoms with Gasteiger partial charge >= 0.3 is 12.1 Å². The zero-order valence-corrected chi connectivity index (χ0v) is 34.7. The van der Waals surface area contributed by atoms with E-state index >= 15 is 0 Å². The van der Waals surface area contributed by atoms with Gasteiger partial charge < -0.3 is 14.5 Å². The second kappa shape index (κ2) is 16.9. The van der Waals surface area contributed by atoms with Crippen LogP contribution in [0.5, 0.6) is 0 Å². The van der Waals surface area contributed by atoms with Crippen LogP contribution in [0.25, 0.3) is 0 Å². The normalized spacial score (nSPS) is 24.1. The molecule has 0 saturated carbocycles. The van der Waals surface area contributed by atoms with E-state index in [1.807, 2.05) is 60.7 Å². The number of benzene rings is 2. The first-order chi connectivity index (χ1) is 26.9. The van der Waals surface area contributed by atoms with Gasteiger partial charge in [0.25, 0.3) is 0 Å². The van der Waals surface area contributed by atoms with Gasteiger partial charge in [-0.1, -0.05) is 86.9 Å². The van der Waals surface area contributed by atoms with Gasteiger partial charge in [-0.15, -0.1) is 0 Å². The number of rotatable bonds is 8. The standard InChI is InChI=1S/C20H27N5O2Si.C20H26N4O3Si/c1-28(2)14-18(21)19-9-8-17(12-24(19)28)25(20(26)23-11-10-22-15-23)27-13-16-6-4-3-5-7-16;1-28(2)14-19(25)18-9-8-17(12-23(18)28)24(20(26)22-11-10-21-15-22)27-13-16-6-4-3-5-7-16/h3-7,10-11,15,17,19,21H,8-9,12-14H2,1-2H3;3-7,10-11,15,17-18H,8-9,12-14H2,1-2H3/t17-,19+;17-,18+/m11/s1. The molecule has 8 rings (SSSR count). The van der Waals surface area contributed by atoms with E-state index in [2.05, 4.69) is 45.3 Å². The topological polar surface area (TPSA) is 142 Å². The number of carbonyl (C=O) groups excluding carboxylic acids is 3. The number of amides is 2. The Bertz CT molecular complexity index is 1820. The van der Waals surface area contributed by atoms with Crippen molar-refractivity contribution in [3.63, 3.8) is 0 Å². The summed E-state index contributed by atoms with van der Waals surface area (Å²) in [4.78, 5) is 58.7. The van der Waals surface area contributed by atoms with Crippen LogP contribution in [-0.2, 0) is 27.7 Å². The van der Waals surface area contributed by atoms with Gasteiger partial charge in [0.05, 0.1) is 18.1 Å². The highest BCUT2D eigenvalue weighted by Gasteiger charge is 2.51. The van der Waals surface area contributed by atoms with E-state index in [0.29, 0.717) is 31.6 Å². The lowest BCUT2D eigenvalue weighted by atomic mass is 9.98. The number of aromatic nitrogens is 4. The summed E-state index contributed by atoms with van der Waals surface area (Å²) in [5.41, 5.74) is 2.90. The number of fused-ring (bicyclic) bond motifs is 2. The van der Waals surface area contributed by atoms with Crippen LogP contribution in [0.1, 0.15) is 36.8 Å². The van der Waals surface area contributed by atoms with Crippen LogP contribution in [-0.4, -0.2) is 116 Å². The van der Waals surface area contributed by atoms with Gasteiger partial charge in [-0.25, -0.2) is 19.6 Å². The van der Waals surface area contributed by atoms with Gasteiger partial charge in [-0.05, 0) is 42.9 Å². The Morgan fingerprint density at radius 1 is 0.696 bits per heavy atom. The first-order valence-corrected chi connectivity index (χ1v) is 25.8. The zero-order valence-electron chi connectivity index (χ0n) is 32.7. The summed E-state index contributed by atoms with van der Waals surface area (Å²) in [5, 5.41) is 11.4. The minimum atomic E-state index is -1.77. The molecule has 4 saturated heterocycles. The molecule has 56 heavy (non-hydrogen) atoms. The Balaban J connectivity index is 0.000000172. The number of nitrogens with zero attached hydrogens (tertiary/aromatic N) is 8. The second-order valence-electron chi connectivity index (χ2n) is 16.4. The number of Topliss-reactive ketones (excluding diaryl/α,β-unsaturated/α-hetero) is 1. The first-order valence-electron chi connectivity index (χ1n) is 19.5. The van der Waals surface area contributed by atoms with Gasteiger partial charge in [0.1, 0.15) is 48.1 Å². The summed E-state index contributed by atoms with van der Waals surface area (Å²) < 4.78 is 7.79. The summed E-state index contributed by atoms with van der Waals surface area (Å²) in [7, 11) is -3.41. The number of hydrogen-bond donors (Lipinski definition) is 1. The summed E-state index contributed by atoms with van der Waals surface area (Å²) in [6.45, 7) is 11.2. The molecular formula is C40H53N9O5Si2. The van der Waals surface area contributed by atoms with Crippen LogP contribution in [0.3, 0.4) is 0 Å². The van der Waals surface area contributed by atoms with Gasteiger partial charge in [-0.2, -0.15) is 10.1 Å². The molecule has 0 spiro atoms. The predicted molar refractivity (Wildman–Crippen MR) is 217 cm³/mol. The quantitative estimate of drug-likeness (QED) is 0.162. The van der Waals surface area contributed by atoms with Crippen molar-refractivity contribution < 1.29 is 24.1 Å². The molecule has 16 heteroatoms. The van der Waals surface area contributed by atoms with E-state index in [0.717, 1.165) is 55.1 Å². The fourth-order valence-corrected chi connectivity index (χ4v) is 15.0. The van der Waals surface area contributed by atoms with E-state index < -0.39 is 16.5 Å². The van der Waals surface area contributed by atoms with Gasteiger partial charge in [-0.3, -0.25) is 23.6 Å². The number of nitrogens with one attached hydrogen (secondary N) is 1. The van der Waals surface area contributed by atoms with Gasteiger partial charge in [0, 0.05) is 55.7 Å². The molecule has 2 aromatic carbocycles. The highest BCUT2D eigenvalue weighted by Crippen LogP contribution is 2.37. The third-order valence-corrected chi connectivity index (χ3v) is 18.1. The molecule has 2 amide bonds. The minimum Gasteiger partial charge on any atom is -0.314 e. The van der Waals surface area contributed by atoms with Gasteiger partial charge in [0.2, 0.25) is 0 Å². The molecule has 4 fully saturated rings. The van der Waals surface area contributed by atoms with Crippen LogP contribution >= 0.6 is 0 Å². The van der Waals surface area contributed by atoms with E-state index in [1.165, 1.54) is 31.9 Å². The average Bonchev–Trinajstić information content (AvgIpc) is 4.01. The van der Waals surface area contributed by atoms with Crippen molar-refractivity contribution in [2.45, 2.75) is 101 Å². The van der Waals surface area contributed by atoms with Crippen LogP contribution in [0.15, 0.2) is 98.1 Å². The Kier molecular flexibility index (Phi) is 11.9. The maximum absolute atomic E-state index is 13.1. The molecule has 2 aromatic heterocycles. The highest BCUT2D eigenvalue weighted by molar-refractivity contribution is 6.80. The van der Waals surface area contributed by atoms with Crippen molar-refractivity contribution in [3.8, 4) is 0 Å². The van der Waals surface area contributed by atoms with E-state index in [1.54, 1.807) is 24.8 Å². The number of hydroxylamine groups is 4. The van der Waals surface area contributed by atoms with Crippen molar-refractivity contribution in [1.82, 2.24) is 38.4 Å².